The molecule has 0 aliphatic carbocycles. The quantitative estimate of drug-likeness (QED) is 0.362. The maximum Gasteiger partial charge on any atom is 0.257 e. The first-order chi connectivity index (χ1) is 19.4. The Labute approximate surface area is 234 Å². The van der Waals surface area contributed by atoms with E-state index in [0.717, 1.165) is 62.1 Å². The molecule has 3 aliphatic heterocycles. The summed E-state index contributed by atoms with van der Waals surface area (Å²) in [4.78, 5) is 12.2. The summed E-state index contributed by atoms with van der Waals surface area (Å²) < 4.78 is 38.9. The Morgan fingerprint density at radius 1 is 1.10 bits per heavy atom. The molecule has 2 aromatic heterocycles. The summed E-state index contributed by atoms with van der Waals surface area (Å²) in [6.07, 6.45) is 7.49. The molecule has 0 spiro atoms. The fraction of sp³-hybridized carbons (Fsp3) is 0.533. The predicted octanol–water partition coefficient (Wildman–Crippen LogP) is 4.68. The average molecular weight is 553 g/mol. The Hall–Kier alpha value is -3.24. The van der Waals surface area contributed by atoms with Gasteiger partial charge in [-0.15, -0.1) is 0 Å². The van der Waals surface area contributed by atoms with E-state index in [-0.39, 0.29) is 0 Å². The zero-order valence-corrected chi connectivity index (χ0v) is 23.2. The first-order valence-electron chi connectivity index (χ1n) is 14.3. The van der Waals surface area contributed by atoms with Crippen LogP contribution in [0.1, 0.15) is 43.4 Å². The van der Waals surface area contributed by atoms with E-state index < -0.39 is 13.0 Å². The largest absolute Gasteiger partial charge is 0.473 e. The fourth-order valence-corrected chi connectivity index (χ4v) is 6.22. The zero-order valence-electron chi connectivity index (χ0n) is 23.2. The zero-order chi connectivity index (χ0) is 27.6. The molecule has 3 atom stereocenters. The van der Waals surface area contributed by atoms with Crippen molar-refractivity contribution in [1.82, 2.24) is 29.5 Å². The molecule has 2 fully saturated rings. The third kappa shape index (κ3) is 5.78. The van der Waals surface area contributed by atoms with E-state index in [1.54, 1.807) is 6.20 Å². The minimum Gasteiger partial charge on any atom is -0.473 e. The van der Waals surface area contributed by atoms with Gasteiger partial charge in [-0.1, -0.05) is 18.2 Å². The van der Waals surface area contributed by atoms with Crippen LogP contribution in [0.5, 0.6) is 5.88 Å². The first kappa shape index (κ1) is 27.0. The van der Waals surface area contributed by atoms with Crippen molar-refractivity contribution in [2.75, 3.05) is 33.3 Å². The van der Waals surface area contributed by atoms with Crippen LogP contribution in [0.2, 0.25) is 0 Å². The number of hydrogen-bond donors (Lipinski definition) is 0. The van der Waals surface area contributed by atoms with Crippen LogP contribution in [-0.2, 0) is 17.9 Å². The Kier molecular flexibility index (Phi) is 7.89. The lowest BCUT2D eigenvalue weighted by Crippen LogP contribution is -2.56. The van der Waals surface area contributed by atoms with Crippen molar-refractivity contribution in [2.45, 2.75) is 70.0 Å². The molecular formula is C30H38F2N6O2. The van der Waals surface area contributed by atoms with Gasteiger partial charge in [-0.25, -0.2) is 13.8 Å². The molecule has 3 aromatic rings. The van der Waals surface area contributed by atoms with Crippen molar-refractivity contribution in [2.24, 2.45) is 0 Å². The summed E-state index contributed by atoms with van der Waals surface area (Å²) in [6.45, 7) is 6.14. The van der Waals surface area contributed by atoms with E-state index >= 15 is 0 Å². The number of aromatic nitrogens is 3. The maximum absolute atomic E-state index is 12.9. The van der Waals surface area contributed by atoms with Crippen molar-refractivity contribution in [3.05, 3.63) is 66.3 Å². The van der Waals surface area contributed by atoms with Crippen LogP contribution >= 0.6 is 0 Å². The lowest BCUT2D eigenvalue weighted by molar-refractivity contribution is -0.0745. The van der Waals surface area contributed by atoms with Gasteiger partial charge in [0.1, 0.15) is 19.3 Å². The highest BCUT2D eigenvalue weighted by Crippen LogP contribution is 2.31. The summed E-state index contributed by atoms with van der Waals surface area (Å²) in [6, 6.07) is 12.1. The lowest BCUT2D eigenvalue weighted by Gasteiger charge is -2.44. The van der Waals surface area contributed by atoms with Crippen molar-refractivity contribution < 1.29 is 18.3 Å². The van der Waals surface area contributed by atoms with E-state index in [9.17, 15) is 8.78 Å². The molecule has 214 valence electrons. The van der Waals surface area contributed by atoms with Gasteiger partial charge in [0, 0.05) is 61.7 Å². The van der Waals surface area contributed by atoms with Gasteiger partial charge in [-0.2, -0.15) is 5.10 Å². The van der Waals surface area contributed by atoms with Crippen LogP contribution < -0.4 is 4.74 Å². The van der Waals surface area contributed by atoms with Gasteiger partial charge in [0.05, 0.1) is 17.8 Å². The number of rotatable bonds is 10. The van der Waals surface area contributed by atoms with Crippen LogP contribution in [0, 0.1) is 0 Å². The number of hydrogen-bond acceptors (Lipinski definition) is 7. The summed E-state index contributed by atoms with van der Waals surface area (Å²) in [7, 11) is 2.16. The van der Waals surface area contributed by atoms with Crippen LogP contribution in [0.25, 0.3) is 10.9 Å². The maximum atomic E-state index is 12.9. The molecule has 0 bridgehead atoms. The molecule has 0 N–H and O–H groups in total. The minimum absolute atomic E-state index is 0.313. The van der Waals surface area contributed by atoms with E-state index in [0.29, 0.717) is 42.2 Å². The van der Waals surface area contributed by atoms with Gasteiger partial charge >= 0.3 is 0 Å². The number of likely N-dealkylation sites (N-methyl/N-ethyl adjacent to an activating group) is 1. The summed E-state index contributed by atoms with van der Waals surface area (Å²) in [5, 5.41) is 4.92. The number of ether oxygens (including phenoxy) is 2. The number of halogens is 2. The normalized spacial score (nSPS) is 22.8. The van der Waals surface area contributed by atoms with Gasteiger partial charge in [0.15, 0.2) is 0 Å². The van der Waals surface area contributed by atoms with Gasteiger partial charge in [0.25, 0.3) is 6.43 Å². The van der Waals surface area contributed by atoms with Crippen molar-refractivity contribution >= 4 is 10.9 Å². The number of piperidine rings is 1. The third-order valence-electron chi connectivity index (χ3n) is 8.57. The van der Waals surface area contributed by atoms with Crippen molar-refractivity contribution in [3.63, 3.8) is 0 Å². The molecule has 8 nitrogen and oxygen atoms in total. The third-order valence-corrected chi connectivity index (χ3v) is 8.57. The molecular weight excluding hydrogens is 514 g/mol. The second-order valence-electron chi connectivity index (χ2n) is 11.2. The topological polar surface area (TPSA) is 58.9 Å². The molecule has 6 rings (SSSR count). The van der Waals surface area contributed by atoms with Crippen LogP contribution in [0.4, 0.5) is 8.78 Å². The van der Waals surface area contributed by atoms with E-state index in [1.807, 2.05) is 30.3 Å². The first-order valence-corrected chi connectivity index (χ1v) is 14.3. The highest BCUT2D eigenvalue weighted by Gasteiger charge is 2.36. The van der Waals surface area contributed by atoms with Crippen molar-refractivity contribution in [1.29, 1.82) is 0 Å². The highest BCUT2D eigenvalue weighted by molar-refractivity contribution is 5.79. The number of nitrogens with zero attached hydrogens (tertiary/aromatic N) is 6. The van der Waals surface area contributed by atoms with E-state index in [1.165, 1.54) is 4.68 Å². The summed E-state index contributed by atoms with van der Waals surface area (Å²) in [5.41, 5.74) is 2.64. The predicted molar refractivity (Wildman–Crippen MR) is 149 cm³/mol. The Morgan fingerprint density at radius 2 is 1.93 bits per heavy atom. The number of benzene rings is 1. The lowest BCUT2D eigenvalue weighted by atomic mass is 9.92. The number of fused-ring (bicyclic) bond motifs is 1. The van der Waals surface area contributed by atoms with Crippen LogP contribution in [0.15, 0.2) is 55.0 Å². The molecule has 2 saturated heterocycles. The molecule has 0 amide bonds. The molecule has 0 saturated carbocycles. The minimum atomic E-state index is -2.45. The van der Waals surface area contributed by atoms with Crippen molar-refractivity contribution in [3.8, 4) is 5.88 Å². The second-order valence-corrected chi connectivity index (χ2v) is 11.2. The molecule has 1 unspecified atom stereocenters. The molecule has 1 aromatic carbocycles. The van der Waals surface area contributed by atoms with Gasteiger partial charge in [-0.05, 0) is 57.0 Å². The fourth-order valence-electron chi connectivity index (χ4n) is 6.22. The van der Waals surface area contributed by atoms with E-state index in [4.69, 9.17) is 14.5 Å². The second kappa shape index (κ2) is 11.7. The Morgan fingerprint density at radius 3 is 2.67 bits per heavy atom. The molecule has 10 heteroatoms. The van der Waals surface area contributed by atoms with Gasteiger partial charge in [-0.3, -0.25) is 9.58 Å². The molecule has 5 heterocycles. The standard InChI is InChI=1S/C30H38F2N6O2/c1-21(30-35(2)13-14-37(30)18-25-10-15-39-25)36-11-8-23(9-12-36)26-4-3-5-29(34-26)40-20-22-6-7-24-17-33-38(19-28(31)32)27(24)16-22/h3-7,13-14,16-17,21,23,25,28,30H,8-12,15,18-20H2,1-2H3/t21-,25-,30?/m0/s1. The molecule has 40 heavy (non-hydrogen) atoms. The SMILES string of the molecule is C[C@@H](C1N(C)C=CN1C[C@@H]1CCO1)N1CCC(c2cccc(OCc3ccc4cnn(CC(F)F)c4c3)n2)CC1. The summed E-state index contributed by atoms with van der Waals surface area (Å²) >= 11 is 0. The number of pyridine rings is 1. The average Bonchev–Trinajstić information content (AvgIpc) is 3.51. The van der Waals surface area contributed by atoms with E-state index in [2.05, 4.69) is 52.2 Å². The van der Waals surface area contributed by atoms with Crippen LogP contribution in [-0.4, -0.2) is 87.5 Å². The van der Waals surface area contributed by atoms with Gasteiger partial charge in [0.2, 0.25) is 5.88 Å². The summed E-state index contributed by atoms with van der Waals surface area (Å²) in [5.74, 6) is 0.980. The molecule has 3 aliphatic rings. The molecule has 0 radical (unpaired) electrons. The Bertz CT molecular complexity index is 1320. The van der Waals surface area contributed by atoms with Gasteiger partial charge < -0.3 is 19.3 Å². The Balaban J connectivity index is 1.04. The smallest absolute Gasteiger partial charge is 0.257 e. The number of alkyl halides is 2. The van der Waals surface area contributed by atoms with Crippen LogP contribution in [0.3, 0.4) is 0 Å². The number of likely N-dealkylation sites (tertiary alicyclic amines) is 1. The highest BCUT2D eigenvalue weighted by atomic mass is 19.3. The monoisotopic (exact) mass is 552 g/mol.